The molecule has 2 nitrogen and oxygen atoms in total. The third-order valence-electron chi connectivity index (χ3n) is 3.64. The minimum Gasteiger partial charge on any atom is -0.314 e. The van der Waals surface area contributed by atoms with Crippen LogP contribution < -0.4 is 5.32 Å². The fraction of sp³-hybridized carbons (Fsp3) is 0.643. The van der Waals surface area contributed by atoms with E-state index >= 15 is 0 Å². The van der Waals surface area contributed by atoms with Crippen molar-refractivity contribution in [2.24, 2.45) is 0 Å². The SMILES string of the molecule is CCNC1CCCCCC1c1cncc(F)c1. The Morgan fingerprint density at radius 1 is 1.29 bits per heavy atom. The number of rotatable bonds is 3. The molecular formula is C14H21FN2. The van der Waals surface area contributed by atoms with Crippen molar-refractivity contribution < 1.29 is 4.39 Å². The molecule has 1 heterocycles. The highest BCUT2D eigenvalue weighted by molar-refractivity contribution is 5.18. The molecule has 1 fully saturated rings. The molecule has 2 rings (SSSR count). The van der Waals surface area contributed by atoms with Gasteiger partial charge in [-0.3, -0.25) is 4.98 Å². The average Bonchev–Trinajstić information content (AvgIpc) is 2.55. The van der Waals surface area contributed by atoms with Gasteiger partial charge in [-0.1, -0.05) is 26.2 Å². The number of hydrogen-bond acceptors (Lipinski definition) is 2. The van der Waals surface area contributed by atoms with Crippen molar-refractivity contribution in [3.8, 4) is 0 Å². The van der Waals surface area contributed by atoms with Crippen LogP contribution in [0.5, 0.6) is 0 Å². The lowest BCUT2D eigenvalue weighted by Crippen LogP contribution is -2.34. The lowest BCUT2D eigenvalue weighted by atomic mass is 9.88. The zero-order chi connectivity index (χ0) is 12.1. The summed E-state index contributed by atoms with van der Waals surface area (Å²) in [5.41, 5.74) is 1.05. The van der Waals surface area contributed by atoms with Gasteiger partial charge in [-0.2, -0.15) is 0 Å². The predicted molar refractivity (Wildman–Crippen MR) is 67.5 cm³/mol. The van der Waals surface area contributed by atoms with Crippen LogP contribution in [0.15, 0.2) is 18.5 Å². The van der Waals surface area contributed by atoms with Crippen molar-refractivity contribution in [3.63, 3.8) is 0 Å². The summed E-state index contributed by atoms with van der Waals surface area (Å²) < 4.78 is 13.3. The van der Waals surface area contributed by atoms with Gasteiger partial charge in [0, 0.05) is 18.2 Å². The van der Waals surface area contributed by atoms with Gasteiger partial charge in [0.25, 0.3) is 0 Å². The van der Waals surface area contributed by atoms with Crippen molar-refractivity contribution in [1.82, 2.24) is 10.3 Å². The Hall–Kier alpha value is -0.960. The van der Waals surface area contributed by atoms with Crippen molar-refractivity contribution in [3.05, 3.63) is 29.8 Å². The molecule has 0 aromatic carbocycles. The second-order valence-electron chi connectivity index (χ2n) is 4.85. The van der Waals surface area contributed by atoms with Crippen LogP contribution in [0.3, 0.4) is 0 Å². The van der Waals surface area contributed by atoms with Gasteiger partial charge in [0.05, 0.1) is 6.20 Å². The number of hydrogen-bond donors (Lipinski definition) is 1. The Morgan fingerprint density at radius 2 is 2.12 bits per heavy atom. The largest absolute Gasteiger partial charge is 0.314 e. The average molecular weight is 236 g/mol. The number of aromatic nitrogens is 1. The normalized spacial score (nSPS) is 25.5. The van der Waals surface area contributed by atoms with E-state index in [-0.39, 0.29) is 5.82 Å². The molecule has 2 atom stereocenters. The second-order valence-corrected chi connectivity index (χ2v) is 4.85. The van der Waals surface area contributed by atoms with Gasteiger partial charge in [-0.25, -0.2) is 4.39 Å². The van der Waals surface area contributed by atoms with Crippen LogP contribution in [0.25, 0.3) is 0 Å². The maximum absolute atomic E-state index is 13.3. The number of likely N-dealkylation sites (N-methyl/N-ethyl adjacent to an activating group) is 1. The van der Waals surface area contributed by atoms with E-state index in [1.54, 1.807) is 6.07 Å². The number of nitrogens with zero attached hydrogens (tertiary/aromatic N) is 1. The quantitative estimate of drug-likeness (QED) is 0.815. The van der Waals surface area contributed by atoms with Crippen molar-refractivity contribution >= 4 is 0 Å². The summed E-state index contributed by atoms with van der Waals surface area (Å²) in [6.45, 7) is 3.11. The number of halogens is 1. The highest BCUT2D eigenvalue weighted by atomic mass is 19.1. The molecule has 2 unspecified atom stereocenters. The van der Waals surface area contributed by atoms with Gasteiger partial charge in [0.2, 0.25) is 0 Å². The maximum atomic E-state index is 13.3. The van der Waals surface area contributed by atoms with Crippen LogP contribution in [0, 0.1) is 5.82 Å². The fourth-order valence-electron chi connectivity index (χ4n) is 2.84. The molecule has 0 aliphatic heterocycles. The van der Waals surface area contributed by atoms with Crippen molar-refractivity contribution in [2.75, 3.05) is 6.54 Å². The molecule has 17 heavy (non-hydrogen) atoms. The topological polar surface area (TPSA) is 24.9 Å². The third kappa shape index (κ3) is 3.25. The molecule has 94 valence electrons. The molecule has 0 amide bonds. The summed E-state index contributed by atoms with van der Waals surface area (Å²) in [6, 6.07) is 2.12. The van der Waals surface area contributed by atoms with Crippen LogP contribution in [-0.4, -0.2) is 17.6 Å². The van der Waals surface area contributed by atoms with E-state index < -0.39 is 0 Å². The van der Waals surface area contributed by atoms with Crippen LogP contribution in [-0.2, 0) is 0 Å². The first-order valence-electron chi connectivity index (χ1n) is 6.65. The monoisotopic (exact) mass is 236 g/mol. The van der Waals surface area contributed by atoms with Gasteiger partial charge in [0.15, 0.2) is 0 Å². The zero-order valence-corrected chi connectivity index (χ0v) is 10.5. The molecule has 0 radical (unpaired) electrons. The Labute approximate surface area is 103 Å². The Kier molecular flexibility index (Phi) is 4.49. The first-order chi connectivity index (χ1) is 8.31. The fourth-order valence-corrected chi connectivity index (χ4v) is 2.84. The van der Waals surface area contributed by atoms with Gasteiger partial charge in [0.1, 0.15) is 5.82 Å². The summed E-state index contributed by atoms with van der Waals surface area (Å²) in [5, 5.41) is 3.54. The minimum absolute atomic E-state index is 0.220. The van der Waals surface area contributed by atoms with E-state index in [4.69, 9.17) is 0 Å². The minimum atomic E-state index is -0.220. The molecule has 1 N–H and O–H groups in total. The second kappa shape index (κ2) is 6.10. The van der Waals surface area contributed by atoms with Crippen LogP contribution in [0.1, 0.15) is 50.5 Å². The molecule has 1 aromatic rings. The lowest BCUT2D eigenvalue weighted by molar-refractivity contribution is 0.417. The molecule has 1 aromatic heterocycles. The standard InChI is InChI=1S/C14H21FN2/c1-2-17-14-7-5-3-4-6-13(14)11-8-12(15)10-16-9-11/h8-10,13-14,17H,2-7H2,1H3. The van der Waals surface area contributed by atoms with E-state index in [1.807, 2.05) is 6.20 Å². The van der Waals surface area contributed by atoms with Crippen molar-refractivity contribution in [1.29, 1.82) is 0 Å². The first-order valence-corrected chi connectivity index (χ1v) is 6.65. The molecule has 1 aliphatic rings. The molecular weight excluding hydrogens is 215 g/mol. The van der Waals surface area contributed by atoms with Gasteiger partial charge in [-0.05, 0) is 31.0 Å². The van der Waals surface area contributed by atoms with E-state index in [9.17, 15) is 4.39 Å². The molecule has 0 spiro atoms. The molecule has 3 heteroatoms. The van der Waals surface area contributed by atoms with Gasteiger partial charge >= 0.3 is 0 Å². The molecule has 0 bridgehead atoms. The maximum Gasteiger partial charge on any atom is 0.141 e. The highest BCUT2D eigenvalue weighted by Crippen LogP contribution is 2.31. The summed E-state index contributed by atoms with van der Waals surface area (Å²) in [4.78, 5) is 3.98. The van der Waals surface area contributed by atoms with E-state index in [1.165, 1.54) is 31.9 Å². The van der Waals surface area contributed by atoms with Crippen molar-refractivity contribution in [2.45, 2.75) is 51.0 Å². The Bertz CT molecular complexity index is 354. The summed E-state index contributed by atoms with van der Waals surface area (Å²) in [6.07, 6.45) is 9.24. The van der Waals surface area contributed by atoms with Crippen LogP contribution in [0.2, 0.25) is 0 Å². The molecule has 1 aliphatic carbocycles. The van der Waals surface area contributed by atoms with Crippen LogP contribution >= 0.6 is 0 Å². The van der Waals surface area contributed by atoms with Gasteiger partial charge in [-0.15, -0.1) is 0 Å². The zero-order valence-electron chi connectivity index (χ0n) is 10.5. The summed E-state index contributed by atoms with van der Waals surface area (Å²) >= 11 is 0. The van der Waals surface area contributed by atoms with E-state index in [0.29, 0.717) is 12.0 Å². The molecule has 0 saturated heterocycles. The lowest BCUT2D eigenvalue weighted by Gasteiger charge is -2.26. The van der Waals surface area contributed by atoms with Gasteiger partial charge < -0.3 is 5.32 Å². The molecule has 1 saturated carbocycles. The predicted octanol–water partition coefficient (Wildman–Crippen LogP) is 3.25. The van der Waals surface area contributed by atoms with Crippen LogP contribution in [0.4, 0.5) is 4.39 Å². The summed E-state index contributed by atoms with van der Waals surface area (Å²) in [5.74, 6) is 0.197. The smallest absolute Gasteiger partial charge is 0.141 e. The Morgan fingerprint density at radius 3 is 2.88 bits per heavy atom. The van der Waals surface area contributed by atoms with E-state index in [0.717, 1.165) is 18.5 Å². The highest BCUT2D eigenvalue weighted by Gasteiger charge is 2.24. The summed E-state index contributed by atoms with van der Waals surface area (Å²) in [7, 11) is 0. The Balaban J connectivity index is 2.19. The first kappa shape index (κ1) is 12.5. The van der Waals surface area contributed by atoms with E-state index in [2.05, 4.69) is 17.2 Å². The number of pyridine rings is 1. The number of nitrogens with one attached hydrogen (secondary N) is 1. The third-order valence-corrected chi connectivity index (χ3v) is 3.64.